The van der Waals surface area contributed by atoms with Gasteiger partial charge >= 0.3 is 0 Å². The number of hydrogen-bond acceptors (Lipinski definition) is 4. The van der Waals surface area contributed by atoms with Crippen LogP contribution in [0.2, 0.25) is 0 Å². The molecule has 17 heavy (non-hydrogen) atoms. The molecule has 1 aliphatic heterocycles. The smallest absolute Gasteiger partial charge is 0.0745 e. The van der Waals surface area contributed by atoms with E-state index in [4.69, 9.17) is 5.73 Å². The van der Waals surface area contributed by atoms with E-state index >= 15 is 0 Å². The van der Waals surface area contributed by atoms with Gasteiger partial charge in [-0.1, -0.05) is 18.2 Å². The van der Waals surface area contributed by atoms with Gasteiger partial charge < -0.3 is 16.0 Å². The van der Waals surface area contributed by atoms with E-state index in [0.29, 0.717) is 0 Å². The summed E-state index contributed by atoms with van der Waals surface area (Å²) in [5, 5.41) is 4.50. The molecule has 2 aromatic rings. The number of anilines is 2. The zero-order valence-corrected chi connectivity index (χ0v) is 9.69. The van der Waals surface area contributed by atoms with Crippen molar-refractivity contribution in [2.45, 2.75) is 0 Å². The van der Waals surface area contributed by atoms with Crippen LogP contribution in [0.1, 0.15) is 0 Å². The molecule has 88 valence electrons. The van der Waals surface area contributed by atoms with Crippen molar-refractivity contribution in [3.05, 3.63) is 30.5 Å². The minimum absolute atomic E-state index is 0.769. The van der Waals surface area contributed by atoms with E-state index in [9.17, 15) is 0 Å². The Hall–Kier alpha value is -1.81. The molecule has 1 fully saturated rings. The summed E-state index contributed by atoms with van der Waals surface area (Å²) in [5.41, 5.74) is 9.01. The van der Waals surface area contributed by atoms with Crippen LogP contribution >= 0.6 is 0 Å². The average Bonchev–Trinajstić information content (AvgIpc) is 2.39. The van der Waals surface area contributed by atoms with Crippen LogP contribution in [0.15, 0.2) is 30.5 Å². The van der Waals surface area contributed by atoms with Crippen LogP contribution < -0.4 is 16.0 Å². The molecule has 1 aliphatic rings. The van der Waals surface area contributed by atoms with E-state index in [-0.39, 0.29) is 0 Å². The van der Waals surface area contributed by atoms with Crippen molar-refractivity contribution >= 4 is 22.3 Å². The zero-order chi connectivity index (χ0) is 11.7. The van der Waals surface area contributed by atoms with E-state index < -0.39 is 0 Å². The van der Waals surface area contributed by atoms with Crippen LogP contribution in [0.5, 0.6) is 0 Å². The molecule has 1 aromatic carbocycles. The predicted molar refractivity (Wildman–Crippen MR) is 71.2 cm³/mol. The second-order valence-electron chi connectivity index (χ2n) is 4.32. The molecule has 4 heteroatoms. The first-order valence-electron chi connectivity index (χ1n) is 5.95. The minimum atomic E-state index is 0.769. The molecule has 0 atom stereocenters. The predicted octanol–water partition coefficient (Wildman–Crippen LogP) is 1.23. The molecule has 0 aliphatic carbocycles. The van der Waals surface area contributed by atoms with E-state index in [1.54, 1.807) is 6.20 Å². The number of pyridine rings is 1. The minimum Gasteiger partial charge on any atom is -0.396 e. The van der Waals surface area contributed by atoms with Gasteiger partial charge in [-0.3, -0.25) is 4.98 Å². The maximum atomic E-state index is 6.09. The number of nitrogen functional groups attached to an aromatic ring is 1. The summed E-state index contributed by atoms with van der Waals surface area (Å²) in [7, 11) is 0. The lowest BCUT2D eigenvalue weighted by Gasteiger charge is -2.31. The number of nitrogens with zero attached hydrogens (tertiary/aromatic N) is 2. The lowest BCUT2D eigenvalue weighted by molar-refractivity contribution is 0.590. The number of rotatable bonds is 1. The number of benzene rings is 1. The Morgan fingerprint density at radius 2 is 1.94 bits per heavy atom. The number of para-hydroxylation sites is 1. The summed E-state index contributed by atoms with van der Waals surface area (Å²) < 4.78 is 0. The molecule has 3 rings (SSSR count). The second-order valence-corrected chi connectivity index (χ2v) is 4.32. The van der Waals surface area contributed by atoms with Crippen LogP contribution in [0.3, 0.4) is 0 Å². The molecule has 0 spiro atoms. The Labute approximate surface area is 100 Å². The van der Waals surface area contributed by atoms with Gasteiger partial charge in [-0.15, -0.1) is 0 Å². The third-order valence-electron chi connectivity index (χ3n) is 3.21. The Kier molecular flexibility index (Phi) is 2.57. The first-order chi connectivity index (χ1) is 8.36. The number of fused-ring (bicyclic) bond motifs is 1. The van der Waals surface area contributed by atoms with Crippen molar-refractivity contribution in [3.63, 3.8) is 0 Å². The number of hydrogen-bond donors (Lipinski definition) is 2. The van der Waals surface area contributed by atoms with E-state index in [2.05, 4.69) is 21.3 Å². The summed E-state index contributed by atoms with van der Waals surface area (Å²) in [6, 6.07) is 8.17. The van der Waals surface area contributed by atoms with Crippen molar-refractivity contribution in [1.29, 1.82) is 0 Å². The first-order valence-corrected chi connectivity index (χ1v) is 5.95. The summed E-state index contributed by atoms with van der Waals surface area (Å²) in [6.07, 6.45) is 1.76. The highest BCUT2D eigenvalue weighted by molar-refractivity contribution is 5.97. The molecule has 0 bridgehead atoms. The Balaban J connectivity index is 2.15. The molecule has 3 N–H and O–H groups in total. The fraction of sp³-hybridized carbons (Fsp3) is 0.308. The molecular formula is C13H16N4. The molecule has 0 saturated carbocycles. The standard InChI is InChI=1S/C13H16N4/c14-11-9-16-12-4-2-1-3-10(12)13(11)17-7-5-15-6-8-17/h1-4,9,15H,5-8,14H2. The number of piperazine rings is 1. The first kappa shape index (κ1) is 10.4. The number of nitrogens with one attached hydrogen (secondary N) is 1. The van der Waals surface area contributed by atoms with Crippen molar-refractivity contribution in [3.8, 4) is 0 Å². The summed E-state index contributed by atoms with van der Waals surface area (Å²) >= 11 is 0. The van der Waals surface area contributed by atoms with Crippen molar-refractivity contribution in [1.82, 2.24) is 10.3 Å². The highest BCUT2D eigenvalue weighted by atomic mass is 15.2. The molecule has 0 radical (unpaired) electrons. The highest BCUT2D eigenvalue weighted by Gasteiger charge is 2.16. The number of aromatic nitrogens is 1. The molecular weight excluding hydrogens is 212 g/mol. The van der Waals surface area contributed by atoms with Gasteiger partial charge in [-0.2, -0.15) is 0 Å². The van der Waals surface area contributed by atoms with E-state index in [1.165, 1.54) is 0 Å². The monoisotopic (exact) mass is 228 g/mol. The molecule has 0 amide bonds. The van der Waals surface area contributed by atoms with Gasteiger partial charge in [0.15, 0.2) is 0 Å². The Morgan fingerprint density at radius 3 is 2.76 bits per heavy atom. The zero-order valence-electron chi connectivity index (χ0n) is 9.69. The molecule has 0 unspecified atom stereocenters. The van der Waals surface area contributed by atoms with Gasteiger partial charge in [0.2, 0.25) is 0 Å². The van der Waals surface area contributed by atoms with Gasteiger partial charge in [-0.25, -0.2) is 0 Å². The summed E-state index contributed by atoms with van der Waals surface area (Å²) in [5.74, 6) is 0. The van der Waals surface area contributed by atoms with Crippen molar-refractivity contribution in [2.75, 3.05) is 36.8 Å². The van der Waals surface area contributed by atoms with Crippen LogP contribution in [0, 0.1) is 0 Å². The van der Waals surface area contributed by atoms with Crippen molar-refractivity contribution < 1.29 is 0 Å². The second kappa shape index (κ2) is 4.22. The average molecular weight is 228 g/mol. The third kappa shape index (κ3) is 1.80. The van der Waals surface area contributed by atoms with Gasteiger partial charge in [0, 0.05) is 31.6 Å². The number of nitrogens with two attached hydrogens (primary N) is 1. The van der Waals surface area contributed by atoms with E-state index in [0.717, 1.165) is 48.5 Å². The quantitative estimate of drug-likeness (QED) is 0.770. The topological polar surface area (TPSA) is 54.2 Å². The van der Waals surface area contributed by atoms with Gasteiger partial charge in [0.1, 0.15) is 0 Å². The lowest BCUT2D eigenvalue weighted by atomic mass is 10.1. The van der Waals surface area contributed by atoms with Crippen LogP contribution in [-0.2, 0) is 0 Å². The summed E-state index contributed by atoms with van der Waals surface area (Å²) in [6.45, 7) is 4.02. The molecule has 2 heterocycles. The van der Waals surface area contributed by atoms with Crippen LogP contribution in [0.4, 0.5) is 11.4 Å². The van der Waals surface area contributed by atoms with Gasteiger partial charge in [0.05, 0.1) is 23.1 Å². The van der Waals surface area contributed by atoms with Crippen LogP contribution in [0.25, 0.3) is 10.9 Å². The van der Waals surface area contributed by atoms with E-state index in [1.807, 2.05) is 18.2 Å². The Morgan fingerprint density at radius 1 is 1.18 bits per heavy atom. The largest absolute Gasteiger partial charge is 0.396 e. The SMILES string of the molecule is Nc1cnc2ccccc2c1N1CCNCC1. The Bertz CT molecular complexity index is 532. The fourth-order valence-electron chi connectivity index (χ4n) is 2.38. The third-order valence-corrected chi connectivity index (χ3v) is 3.21. The molecule has 1 saturated heterocycles. The fourth-order valence-corrected chi connectivity index (χ4v) is 2.38. The van der Waals surface area contributed by atoms with Crippen molar-refractivity contribution in [2.24, 2.45) is 0 Å². The molecule has 1 aromatic heterocycles. The molecule has 4 nitrogen and oxygen atoms in total. The van der Waals surface area contributed by atoms with Gasteiger partial charge in [-0.05, 0) is 6.07 Å². The lowest BCUT2D eigenvalue weighted by Crippen LogP contribution is -2.43. The highest BCUT2D eigenvalue weighted by Crippen LogP contribution is 2.31. The maximum absolute atomic E-state index is 6.09. The maximum Gasteiger partial charge on any atom is 0.0745 e. The van der Waals surface area contributed by atoms with Crippen LogP contribution in [-0.4, -0.2) is 31.2 Å². The normalized spacial score (nSPS) is 16.4. The van der Waals surface area contributed by atoms with Gasteiger partial charge in [0.25, 0.3) is 0 Å². The summed E-state index contributed by atoms with van der Waals surface area (Å²) in [4.78, 5) is 6.71.